The zero-order valence-corrected chi connectivity index (χ0v) is 14.8. The number of hydrogen-bond acceptors (Lipinski definition) is 3. The molecule has 0 saturated carbocycles. The number of hydrogen-bond donors (Lipinski definition) is 2. The summed E-state index contributed by atoms with van der Waals surface area (Å²) in [4.78, 5) is 6.12. The topological polar surface area (TPSA) is 39.7 Å². The highest BCUT2D eigenvalue weighted by atomic mass is 32.1. The third-order valence-electron chi connectivity index (χ3n) is 3.80. The van der Waals surface area contributed by atoms with Gasteiger partial charge in [0.1, 0.15) is 0 Å². The van der Waals surface area contributed by atoms with Gasteiger partial charge in [-0.3, -0.25) is 9.89 Å². The van der Waals surface area contributed by atoms with Crippen LogP contribution in [0.1, 0.15) is 11.1 Å². The fourth-order valence-corrected chi connectivity index (χ4v) is 2.86. The van der Waals surface area contributed by atoms with Crippen molar-refractivity contribution in [3.05, 3.63) is 59.7 Å². The number of aliphatic imine (C=N–C) groups is 1. The van der Waals surface area contributed by atoms with E-state index in [0.717, 1.165) is 23.4 Å². The first-order valence-electron chi connectivity index (χ1n) is 7.97. The summed E-state index contributed by atoms with van der Waals surface area (Å²) in [5, 5.41) is 6.35. The number of aryl methyl sites for hydroxylation is 1. The minimum Gasteiger partial charge on any atom is -0.332 e. The molecule has 0 bridgehead atoms. The fraction of sp³-hybridized carbons (Fsp3) is 0.222. The molecule has 0 unspecified atom stereocenters. The van der Waals surface area contributed by atoms with Gasteiger partial charge in [-0.15, -0.1) is 0 Å². The molecule has 3 rings (SSSR count). The number of nitrogens with one attached hydrogen (secondary N) is 2. The highest BCUT2D eigenvalue weighted by molar-refractivity contribution is 7.80. The predicted molar refractivity (Wildman–Crippen MR) is 101 cm³/mol. The molecule has 0 fully saturated rings. The largest absolute Gasteiger partial charge is 0.416 e. The molecular weight excluding hydrogens is 361 g/mol. The van der Waals surface area contributed by atoms with Crippen LogP contribution in [-0.2, 0) is 6.18 Å². The molecule has 1 heterocycles. The summed E-state index contributed by atoms with van der Waals surface area (Å²) < 4.78 is 38.5. The van der Waals surface area contributed by atoms with Crippen LogP contribution in [-0.4, -0.2) is 29.1 Å². The van der Waals surface area contributed by atoms with Crippen LogP contribution in [0.4, 0.5) is 24.5 Å². The summed E-state index contributed by atoms with van der Waals surface area (Å²) in [6.45, 7) is 3.09. The molecular formula is C18H17F3N4S. The van der Waals surface area contributed by atoms with E-state index in [-0.39, 0.29) is 5.69 Å². The molecule has 0 spiro atoms. The van der Waals surface area contributed by atoms with Crippen molar-refractivity contribution in [1.29, 1.82) is 0 Å². The minimum atomic E-state index is -4.40. The van der Waals surface area contributed by atoms with Crippen LogP contribution in [0.5, 0.6) is 0 Å². The maximum absolute atomic E-state index is 12.8. The molecule has 4 nitrogen and oxygen atoms in total. The van der Waals surface area contributed by atoms with E-state index >= 15 is 0 Å². The molecule has 2 N–H and O–H groups in total. The van der Waals surface area contributed by atoms with Crippen LogP contribution in [0.3, 0.4) is 0 Å². The molecule has 1 aliphatic heterocycles. The van der Waals surface area contributed by atoms with E-state index in [9.17, 15) is 13.2 Å². The second-order valence-corrected chi connectivity index (χ2v) is 6.25. The zero-order chi connectivity index (χ0) is 18.7. The van der Waals surface area contributed by atoms with Gasteiger partial charge < -0.3 is 10.6 Å². The number of thiocarbonyl (C=S) groups is 1. The van der Waals surface area contributed by atoms with E-state index in [1.807, 2.05) is 31.2 Å². The Morgan fingerprint density at radius 1 is 1.12 bits per heavy atom. The number of anilines is 2. The van der Waals surface area contributed by atoms with Crippen LogP contribution < -0.4 is 10.6 Å². The lowest BCUT2D eigenvalue weighted by atomic mass is 10.2. The van der Waals surface area contributed by atoms with Gasteiger partial charge in [0.15, 0.2) is 5.11 Å². The van der Waals surface area contributed by atoms with Gasteiger partial charge in [-0.05, 0) is 55.0 Å². The van der Waals surface area contributed by atoms with Gasteiger partial charge in [-0.25, -0.2) is 0 Å². The summed E-state index contributed by atoms with van der Waals surface area (Å²) >= 11 is 5.36. The highest BCUT2D eigenvalue weighted by Gasteiger charge is 2.30. The number of benzene rings is 2. The van der Waals surface area contributed by atoms with E-state index in [2.05, 4.69) is 15.6 Å². The standard InChI is InChI=1S/C18H17F3N4S/c1-12-4-2-6-14(10-12)23-16-22-8-9-25(16)17(26)24-15-7-3-5-13(11-15)18(19,20)21/h2-7,10-11H,8-9H2,1H3,(H,22,23)(H,24,26). The maximum Gasteiger partial charge on any atom is 0.416 e. The van der Waals surface area contributed by atoms with Crippen molar-refractivity contribution in [2.24, 2.45) is 4.99 Å². The smallest absolute Gasteiger partial charge is 0.332 e. The quantitative estimate of drug-likeness (QED) is 0.755. The van der Waals surface area contributed by atoms with Crippen molar-refractivity contribution in [1.82, 2.24) is 4.90 Å². The van der Waals surface area contributed by atoms with Crippen LogP contribution in [0.25, 0.3) is 0 Å². The van der Waals surface area contributed by atoms with Crippen molar-refractivity contribution in [3.8, 4) is 0 Å². The Morgan fingerprint density at radius 2 is 1.85 bits per heavy atom. The number of alkyl halides is 3. The lowest BCUT2D eigenvalue weighted by molar-refractivity contribution is -0.137. The summed E-state index contributed by atoms with van der Waals surface area (Å²) in [6, 6.07) is 12.7. The number of halogens is 3. The molecule has 136 valence electrons. The van der Waals surface area contributed by atoms with Gasteiger partial charge >= 0.3 is 6.18 Å². The van der Waals surface area contributed by atoms with Crippen LogP contribution in [0.15, 0.2) is 53.5 Å². The summed E-state index contributed by atoms with van der Waals surface area (Å²) in [7, 11) is 0. The summed E-state index contributed by atoms with van der Waals surface area (Å²) in [5.74, 6) is 0.570. The minimum absolute atomic E-state index is 0.284. The highest BCUT2D eigenvalue weighted by Crippen LogP contribution is 2.30. The molecule has 0 amide bonds. The third-order valence-corrected chi connectivity index (χ3v) is 4.12. The SMILES string of the molecule is Cc1cccc(NC2=NCCN2C(=S)Nc2cccc(C(F)(F)F)c2)c1. The first-order chi connectivity index (χ1) is 12.3. The predicted octanol–water partition coefficient (Wildman–Crippen LogP) is 4.49. The average molecular weight is 378 g/mol. The van der Waals surface area contributed by atoms with E-state index in [1.54, 1.807) is 11.0 Å². The third kappa shape index (κ3) is 4.32. The molecule has 0 saturated heterocycles. The van der Waals surface area contributed by atoms with Crippen molar-refractivity contribution in [2.75, 3.05) is 23.7 Å². The summed E-state index contributed by atoms with van der Waals surface area (Å²) in [5.41, 5.74) is 1.53. The van der Waals surface area contributed by atoms with E-state index < -0.39 is 11.7 Å². The second-order valence-electron chi connectivity index (χ2n) is 5.86. The Bertz CT molecular complexity index is 848. The Kier molecular flexibility index (Phi) is 5.13. The zero-order valence-electron chi connectivity index (χ0n) is 14.0. The molecule has 8 heteroatoms. The maximum atomic E-state index is 12.8. The van der Waals surface area contributed by atoms with Crippen LogP contribution >= 0.6 is 12.2 Å². The fourth-order valence-electron chi connectivity index (χ4n) is 2.57. The van der Waals surface area contributed by atoms with Gasteiger partial charge in [-0.2, -0.15) is 13.2 Å². The molecule has 0 aromatic heterocycles. The van der Waals surface area contributed by atoms with Crippen molar-refractivity contribution in [3.63, 3.8) is 0 Å². The monoisotopic (exact) mass is 378 g/mol. The second kappa shape index (κ2) is 7.33. The van der Waals surface area contributed by atoms with Crippen LogP contribution in [0, 0.1) is 6.92 Å². The van der Waals surface area contributed by atoms with E-state index in [1.165, 1.54) is 6.07 Å². The van der Waals surface area contributed by atoms with E-state index in [0.29, 0.717) is 24.2 Å². The normalized spacial score (nSPS) is 14.2. The average Bonchev–Trinajstić information content (AvgIpc) is 3.02. The van der Waals surface area contributed by atoms with Crippen LogP contribution in [0.2, 0.25) is 0 Å². The first kappa shape index (κ1) is 18.2. The summed E-state index contributed by atoms with van der Waals surface area (Å²) in [6.07, 6.45) is -4.40. The number of nitrogens with zero attached hydrogens (tertiary/aromatic N) is 2. The molecule has 0 atom stereocenters. The van der Waals surface area contributed by atoms with E-state index in [4.69, 9.17) is 12.2 Å². The van der Waals surface area contributed by atoms with Gasteiger partial charge in [0.05, 0.1) is 12.1 Å². The Labute approximate surface area is 154 Å². The van der Waals surface area contributed by atoms with Gasteiger partial charge in [0.25, 0.3) is 0 Å². The molecule has 26 heavy (non-hydrogen) atoms. The molecule has 0 radical (unpaired) electrons. The van der Waals surface area contributed by atoms with Crippen molar-refractivity contribution < 1.29 is 13.2 Å². The van der Waals surface area contributed by atoms with Crippen molar-refractivity contribution >= 4 is 34.7 Å². The first-order valence-corrected chi connectivity index (χ1v) is 8.38. The Balaban J connectivity index is 1.70. The molecule has 2 aromatic carbocycles. The lowest BCUT2D eigenvalue weighted by Gasteiger charge is -2.23. The Morgan fingerprint density at radius 3 is 2.58 bits per heavy atom. The van der Waals surface area contributed by atoms with Crippen molar-refractivity contribution in [2.45, 2.75) is 13.1 Å². The van der Waals surface area contributed by atoms with Gasteiger partial charge in [0.2, 0.25) is 5.96 Å². The molecule has 0 aliphatic carbocycles. The number of rotatable bonds is 2. The van der Waals surface area contributed by atoms with Gasteiger partial charge in [-0.1, -0.05) is 18.2 Å². The van der Waals surface area contributed by atoms with Gasteiger partial charge in [0, 0.05) is 17.9 Å². The molecule has 2 aromatic rings. The lowest BCUT2D eigenvalue weighted by Crippen LogP contribution is -2.41. The Hall–Kier alpha value is -2.61. The number of guanidine groups is 1. The molecule has 1 aliphatic rings.